The average molecular weight is 247 g/mol. The van der Waals surface area contributed by atoms with Gasteiger partial charge in [-0.15, -0.1) is 0 Å². The van der Waals surface area contributed by atoms with Gasteiger partial charge in [-0.3, -0.25) is 4.98 Å². The first kappa shape index (κ1) is 13.8. The zero-order chi connectivity index (χ0) is 12.9. The van der Waals surface area contributed by atoms with E-state index in [2.05, 4.69) is 4.98 Å². The summed E-state index contributed by atoms with van der Waals surface area (Å²) in [5, 5.41) is 0. The molecule has 0 bridgehead atoms. The van der Waals surface area contributed by atoms with Gasteiger partial charge in [-0.05, 0) is 18.6 Å². The second kappa shape index (κ2) is 5.86. The van der Waals surface area contributed by atoms with Crippen LogP contribution in [0.4, 0.5) is 18.9 Å². The summed E-state index contributed by atoms with van der Waals surface area (Å²) in [6, 6.07) is 3.24. The van der Waals surface area contributed by atoms with Crippen molar-refractivity contribution in [3.63, 3.8) is 0 Å². The van der Waals surface area contributed by atoms with Gasteiger partial charge in [0.2, 0.25) is 0 Å². The minimum absolute atomic E-state index is 0.133. The van der Waals surface area contributed by atoms with Crippen LogP contribution in [0.3, 0.4) is 0 Å². The molecular formula is C11H16F3N3. The Bertz CT molecular complexity index is 352. The Balaban J connectivity index is 2.96. The lowest BCUT2D eigenvalue weighted by molar-refractivity contribution is -0.119. The fourth-order valence-corrected chi connectivity index (χ4v) is 1.65. The minimum atomic E-state index is -4.23. The van der Waals surface area contributed by atoms with E-state index in [0.29, 0.717) is 24.3 Å². The number of rotatable bonds is 5. The highest BCUT2D eigenvalue weighted by Gasteiger charge is 2.31. The van der Waals surface area contributed by atoms with Crippen LogP contribution >= 0.6 is 0 Å². The van der Waals surface area contributed by atoms with E-state index in [-0.39, 0.29) is 6.54 Å². The maximum absolute atomic E-state index is 12.5. The molecule has 0 aliphatic rings. The third-order valence-electron chi connectivity index (χ3n) is 2.26. The van der Waals surface area contributed by atoms with Crippen molar-refractivity contribution in [3.05, 3.63) is 24.0 Å². The first-order valence-electron chi connectivity index (χ1n) is 5.43. The highest BCUT2D eigenvalue weighted by atomic mass is 19.4. The van der Waals surface area contributed by atoms with Gasteiger partial charge in [0.15, 0.2) is 0 Å². The van der Waals surface area contributed by atoms with Crippen LogP contribution in [0, 0.1) is 0 Å². The normalized spacial score (nSPS) is 11.6. The molecule has 1 heterocycles. The molecule has 0 aliphatic carbocycles. The second-order valence-electron chi connectivity index (χ2n) is 3.71. The van der Waals surface area contributed by atoms with Crippen molar-refractivity contribution in [2.24, 2.45) is 5.73 Å². The van der Waals surface area contributed by atoms with E-state index in [0.717, 1.165) is 0 Å². The molecule has 1 aromatic heterocycles. The second-order valence-corrected chi connectivity index (χ2v) is 3.71. The molecule has 0 unspecified atom stereocenters. The highest BCUT2D eigenvalue weighted by Crippen LogP contribution is 2.24. The fraction of sp³-hybridized carbons (Fsp3) is 0.545. The number of hydrogen-bond acceptors (Lipinski definition) is 3. The quantitative estimate of drug-likeness (QED) is 0.868. The highest BCUT2D eigenvalue weighted by molar-refractivity contribution is 5.50. The van der Waals surface area contributed by atoms with Crippen molar-refractivity contribution in [1.82, 2.24) is 4.98 Å². The van der Waals surface area contributed by atoms with E-state index < -0.39 is 12.7 Å². The molecule has 0 radical (unpaired) electrons. The van der Waals surface area contributed by atoms with Crippen molar-refractivity contribution < 1.29 is 13.2 Å². The molecule has 96 valence electrons. The van der Waals surface area contributed by atoms with Gasteiger partial charge in [0.1, 0.15) is 6.54 Å². The van der Waals surface area contributed by atoms with Crippen LogP contribution in [-0.2, 0) is 6.54 Å². The summed E-state index contributed by atoms with van der Waals surface area (Å²) in [5.74, 6) is 0. The largest absolute Gasteiger partial charge is 0.405 e. The summed E-state index contributed by atoms with van der Waals surface area (Å²) in [6.07, 6.45) is -2.06. The number of halogens is 3. The van der Waals surface area contributed by atoms with Gasteiger partial charge < -0.3 is 10.6 Å². The Morgan fingerprint density at radius 3 is 2.65 bits per heavy atom. The number of alkyl halides is 3. The average Bonchev–Trinajstić information content (AvgIpc) is 2.27. The van der Waals surface area contributed by atoms with E-state index >= 15 is 0 Å². The Morgan fingerprint density at radius 2 is 2.12 bits per heavy atom. The predicted octanol–water partition coefficient (Wildman–Crippen LogP) is 2.32. The summed E-state index contributed by atoms with van der Waals surface area (Å²) < 4.78 is 37.4. The lowest BCUT2D eigenvalue weighted by Gasteiger charge is -2.26. The van der Waals surface area contributed by atoms with E-state index in [1.165, 1.54) is 11.1 Å². The third kappa shape index (κ3) is 4.22. The number of pyridine rings is 1. The Kier molecular flexibility index (Phi) is 4.74. The van der Waals surface area contributed by atoms with Gasteiger partial charge in [-0.2, -0.15) is 13.2 Å². The Hall–Kier alpha value is -1.30. The molecule has 3 nitrogen and oxygen atoms in total. The summed E-state index contributed by atoms with van der Waals surface area (Å²) in [6.45, 7) is 1.33. The van der Waals surface area contributed by atoms with Gasteiger partial charge in [0.25, 0.3) is 0 Å². The van der Waals surface area contributed by atoms with Gasteiger partial charge in [0.05, 0.1) is 11.4 Å². The lowest BCUT2D eigenvalue weighted by atomic mass is 10.2. The first-order valence-corrected chi connectivity index (χ1v) is 5.43. The topological polar surface area (TPSA) is 42.2 Å². The SMILES string of the molecule is CCCN(CC(F)(F)F)c1cccnc1CN. The molecule has 1 rings (SSSR count). The summed E-state index contributed by atoms with van der Waals surface area (Å²) in [7, 11) is 0. The van der Waals surface area contributed by atoms with E-state index in [9.17, 15) is 13.2 Å². The van der Waals surface area contributed by atoms with Crippen molar-refractivity contribution in [1.29, 1.82) is 0 Å². The predicted molar refractivity (Wildman–Crippen MR) is 60.7 cm³/mol. The molecule has 0 aliphatic heterocycles. The van der Waals surface area contributed by atoms with E-state index in [1.807, 2.05) is 6.92 Å². The molecule has 0 atom stereocenters. The van der Waals surface area contributed by atoms with Gasteiger partial charge in [-0.25, -0.2) is 0 Å². The van der Waals surface area contributed by atoms with Crippen molar-refractivity contribution in [2.75, 3.05) is 18.0 Å². The van der Waals surface area contributed by atoms with Gasteiger partial charge in [0, 0.05) is 19.3 Å². The number of anilines is 1. The van der Waals surface area contributed by atoms with Crippen molar-refractivity contribution in [2.45, 2.75) is 26.1 Å². The molecule has 1 aromatic rings. The molecule has 17 heavy (non-hydrogen) atoms. The van der Waals surface area contributed by atoms with E-state index in [1.54, 1.807) is 12.1 Å². The number of aromatic nitrogens is 1. The maximum atomic E-state index is 12.5. The third-order valence-corrected chi connectivity index (χ3v) is 2.26. The number of nitrogens with two attached hydrogens (primary N) is 1. The standard InChI is InChI=1S/C11H16F3N3/c1-2-6-17(8-11(12,13)14)10-4-3-5-16-9(10)7-15/h3-5H,2,6-8,15H2,1H3. The van der Waals surface area contributed by atoms with Crippen LogP contribution in [0.5, 0.6) is 0 Å². The monoisotopic (exact) mass is 247 g/mol. The first-order chi connectivity index (χ1) is 7.98. The molecule has 6 heteroatoms. The summed E-state index contributed by atoms with van der Waals surface area (Å²) in [5.41, 5.74) is 6.44. The molecule has 0 spiro atoms. The molecule has 0 saturated heterocycles. The zero-order valence-electron chi connectivity index (χ0n) is 9.67. The van der Waals surface area contributed by atoms with Crippen LogP contribution in [0.1, 0.15) is 19.0 Å². The minimum Gasteiger partial charge on any atom is -0.361 e. The smallest absolute Gasteiger partial charge is 0.361 e. The molecular weight excluding hydrogens is 231 g/mol. The van der Waals surface area contributed by atoms with E-state index in [4.69, 9.17) is 5.73 Å². The maximum Gasteiger partial charge on any atom is 0.405 e. The molecule has 0 fully saturated rings. The Labute approximate surface area is 98.4 Å². The van der Waals surface area contributed by atoms with Crippen LogP contribution < -0.4 is 10.6 Å². The summed E-state index contributed by atoms with van der Waals surface area (Å²) >= 11 is 0. The van der Waals surface area contributed by atoms with Crippen LogP contribution in [0.25, 0.3) is 0 Å². The van der Waals surface area contributed by atoms with Gasteiger partial charge in [-0.1, -0.05) is 6.92 Å². The van der Waals surface area contributed by atoms with Crippen molar-refractivity contribution in [3.8, 4) is 0 Å². The van der Waals surface area contributed by atoms with Gasteiger partial charge >= 0.3 is 6.18 Å². The molecule has 0 amide bonds. The fourth-order valence-electron chi connectivity index (χ4n) is 1.65. The molecule has 2 N–H and O–H groups in total. The van der Waals surface area contributed by atoms with Crippen LogP contribution in [0.2, 0.25) is 0 Å². The van der Waals surface area contributed by atoms with Crippen molar-refractivity contribution >= 4 is 5.69 Å². The number of hydrogen-bond donors (Lipinski definition) is 1. The number of nitrogens with zero attached hydrogens (tertiary/aromatic N) is 2. The van der Waals surface area contributed by atoms with Crippen LogP contribution in [0.15, 0.2) is 18.3 Å². The lowest BCUT2D eigenvalue weighted by Crippen LogP contribution is -2.35. The zero-order valence-corrected chi connectivity index (χ0v) is 9.67. The molecule has 0 aromatic carbocycles. The van der Waals surface area contributed by atoms with Crippen LogP contribution in [-0.4, -0.2) is 24.2 Å². The Morgan fingerprint density at radius 1 is 1.41 bits per heavy atom. The summed E-state index contributed by atoms with van der Waals surface area (Å²) in [4.78, 5) is 5.27. The molecule has 0 saturated carbocycles.